The van der Waals surface area contributed by atoms with Crippen LogP contribution in [0, 0.1) is 17.1 Å². The first-order chi connectivity index (χ1) is 9.96. The van der Waals surface area contributed by atoms with Gasteiger partial charge in [-0.05, 0) is 31.4 Å². The summed E-state index contributed by atoms with van der Waals surface area (Å²) in [4.78, 5) is 2.05. The normalized spacial score (nSPS) is 17.5. The van der Waals surface area contributed by atoms with Gasteiger partial charge < -0.3 is 5.73 Å². The van der Waals surface area contributed by atoms with Gasteiger partial charge in [0, 0.05) is 32.1 Å². The minimum atomic E-state index is -1.55. The van der Waals surface area contributed by atoms with Gasteiger partial charge in [0.2, 0.25) is 0 Å². The van der Waals surface area contributed by atoms with Gasteiger partial charge in [0.25, 0.3) is 0 Å². The average molecular weight is 293 g/mol. The third kappa shape index (κ3) is 4.23. The van der Waals surface area contributed by atoms with E-state index in [0.717, 1.165) is 12.8 Å². The smallest absolute Gasteiger partial charge is 0.144 e. The Morgan fingerprint density at radius 2 is 2.19 bits per heavy atom. The van der Waals surface area contributed by atoms with Gasteiger partial charge in [-0.15, -0.1) is 0 Å². The molecule has 0 amide bonds. The van der Waals surface area contributed by atoms with Crippen molar-refractivity contribution >= 4 is 0 Å². The monoisotopic (exact) mass is 293 g/mol. The number of rotatable bonds is 7. The molecule has 114 valence electrons. The highest BCUT2D eigenvalue weighted by Crippen LogP contribution is 2.30. The molecule has 1 saturated carbocycles. The highest BCUT2D eigenvalue weighted by Gasteiger charge is 2.35. The number of hydrogen-bond acceptors (Lipinski definition) is 3. The maximum Gasteiger partial charge on any atom is 0.144 e. The Bertz CT molecular complexity index is 533. The Kier molecular flexibility index (Phi) is 4.92. The molecule has 21 heavy (non-hydrogen) atoms. The lowest BCUT2D eigenvalue weighted by atomic mass is 9.95. The van der Waals surface area contributed by atoms with Crippen LogP contribution in [-0.2, 0) is 6.42 Å². The van der Waals surface area contributed by atoms with Crippen molar-refractivity contribution in [1.82, 2.24) is 4.90 Å². The van der Waals surface area contributed by atoms with Crippen molar-refractivity contribution in [2.75, 3.05) is 19.6 Å². The lowest BCUT2D eigenvalue weighted by molar-refractivity contribution is 0.105. The van der Waals surface area contributed by atoms with E-state index in [1.54, 1.807) is 18.2 Å². The van der Waals surface area contributed by atoms with Crippen LogP contribution in [0.5, 0.6) is 0 Å². The first-order valence-electron chi connectivity index (χ1n) is 7.27. The molecule has 0 aromatic heterocycles. The fourth-order valence-corrected chi connectivity index (χ4v) is 2.68. The fourth-order valence-electron chi connectivity index (χ4n) is 2.68. The topological polar surface area (TPSA) is 53.0 Å². The Balaban J connectivity index is 2.08. The van der Waals surface area contributed by atoms with Crippen molar-refractivity contribution in [1.29, 1.82) is 5.26 Å². The minimum absolute atomic E-state index is 0.0377. The van der Waals surface area contributed by atoms with E-state index in [9.17, 15) is 8.78 Å². The third-order valence-corrected chi connectivity index (χ3v) is 3.77. The van der Waals surface area contributed by atoms with Gasteiger partial charge in [-0.2, -0.15) is 5.26 Å². The van der Waals surface area contributed by atoms with Crippen LogP contribution < -0.4 is 5.73 Å². The summed E-state index contributed by atoms with van der Waals surface area (Å²) in [6.07, 6.45) is 2.12. The van der Waals surface area contributed by atoms with Gasteiger partial charge in [-0.25, -0.2) is 8.78 Å². The summed E-state index contributed by atoms with van der Waals surface area (Å²) in [5, 5.41) is 8.83. The van der Waals surface area contributed by atoms with E-state index >= 15 is 0 Å². The average Bonchev–Trinajstić information content (AvgIpc) is 3.25. The molecule has 0 unspecified atom stereocenters. The molecule has 0 spiro atoms. The molecule has 2 N–H and O–H groups in total. The predicted molar refractivity (Wildman–Crippen MR) is 78.0 cm³/mol. The zero-order chi connectivity index (χ0) is 15.5. The molecule has 1 aromatic carbocycles. The molecule has 3 nitrogen and oxygen atoms in total. The summed E-state index contributed by atoms with van der Waals surface area (Å²) < 4.78 is 28.9. The van der Waals surface area contributed by atoms with Gasteiger partial charge in [0.15, 0.2) is 0 Å². The highest BCUT2D eigenvalue weighted by atomic mass is 19.1. The molecule has 1 fully saturated rings. The lowest BCUT2D eigenvalue weighted by Crippen LogP contribution is -2.42. The summed E-state index contributed by atoms with van der Waals surface area (Å²) in [7, 11) is 0. The summed E-state index contributed by atoms with van der Waals surface area (Å²) in [5.74, 6) is -0.610. The largest absolute Gasteiger partial charge is 0.329 e. The Labute approximate surface area is 124 Å². The zero-order valence-corrected chi connectivity index (χ0v) is 12.3. The summed E-state index contributed by atoms with van der Waals surface area (Å²) in [5.41, 5.74) is 4.23. The lowest BCUT2D eigenvalue weighted by Gasteiger charge is -2.30. The number of nitriles is 1. The van der Waals surface area contributed by atoms with Crippen molar-refractivity contribution in [3.05, 3.63) is 35.1 Å². The van der Waals surface area contributed by atoms with Crippen LogP contribution in [0.15, 0.2) is 18.2 Å². The first kappa shape index (κ1) is 15.9. The Hall–Kier alpha value is -1.51. The van der Waals surface area contributed by atoms with Crippen LogP contribution in [0.2, 0.25) is 0 Å². The van der Waals surface area contributed by atoms with Crippen LogP contribution in [-0.4, -0.2) is 36.2 Å². The number of nitrogens with zero attached hydrogens (tertiary/aromatic N) is 2. The van der Waals surface area contributed by atoms with Gasteiger partial charge in [-0.1, -0.05) is 12.1 Å². The van der Waals surface area contributed by atoms with Gasteiger partial charge >= 0.3 is 0 Å². The van der Waals surface area contributed by atoms with E-state index in [2.05, 4.69) is 0 Å². The molecule has 0 aliphatic heterocycles. The second-order valence-corrected chi connectivity index (χ2v) is 5.97. The SMILES string of the molecule is C[C@@](F)(Cc1cccc(C#N)c1F)CN(CCN)C1CC1. The molecule has 0 radical (unpaired) electrons. The van der Waals surface area contributed by atoms with Crippen LogP contribution >= 0.6 is 0 Å². The van der Waals surface area contributed by atoms with Crippen molar-refractivity contribution < 1.29 is 8.78 Å². The van der Waals surface area contributed by atoms with E-state index in [0.29, 0.717) is 19.1 Å². The minimum Gasteiger partial charge on any atom is -0.329 e. The van der Waals surface area contributed by atoms with Crippen LogP contribution in [0.4, 0.5) is 8.78 Å². The second-order valence-electron chi connectivity index (χ2n) is 5.97. The van der Waals surface area contributed by atoms with E-state index in [4.69, 9.17) is 11.0 Å². The highest BCUT2D eigenvalue weighted by molar-refractivity contribution is 5.35. The fraction of sp³-hybridized carbons (Fsp3) is 0.562. The molecule has 1 atom stereocenters. The summed E-state index contributed by atoms with van der Waals surface area (Å²) >= 11 is 0. The Morgan fingerprint density at radius 1 is 1.48 bits per heavy atom. The number of alkyl halides is 1. The third-order valence-electron chi connectivity index (χ3n) is 3.77. The molecule has 0 bridgehead atoms. The van der Waals surface area contributed by atoms with Crippen LogP contribution in [0.1, 0.15) is 30.9 Å². The number of hydrogen-bond donors (Lipinski definition) is 1. The Morgan fingerprint density at radius 3 is 2.76 bits per heavy atom. The molecular formula is C16H21F2N3. The van der Waals surface area contributed by atoms with Gasteiger partial charge in [0.1, 0.15) is 17.6 Å². The number of benzene rings is 1. The molecule has 1 aliphatic rings. The maximum atomic E-state index is 14.8. The second kappa shape index (κ2) is 6.50. The van der Waals surface area contributed by atoms with Crippen molar-refractivity contribution in [2.24, 2.45) is 5.73 Å². The van der Waals surface area contributed by atoms with Crippen LogP contribution in [0.3, 0.4) is 0 Å². The molecular weight excluding hydrogens is 272 g/mol. The standard InChI is InChI=1S/C16H21F2N3/c1-16(18,11-21(8-7-19)14-5-6-14)9-12-3-2-4-13(10-20)15(12)17/h2-4,14H,5-9,11,19H2,1H3/t16-/m1/s1. The van der Waals surface area contributed by atoms with Crippen molar-refractivity contribution in [2.45, 2.75) is 37.9 Å². The number of halogens is 2. The predicted octanol–water partition coefficient (Wildman–Crippen LogP) is 2.39. The quantitative estimate of drug-likeness (QED) is 0.840. The van der Waals surface area contributed by atoms with E-state index < -0.39 is 11.5 Å². The van der Waals surface area contributed by atoms with E-state index in [1.807, 2.05) is 4.90 Å². The van der Waals surface area contributed by atoms with Gasteiger partial charge in [-0.3, -0.25) is 4.90 Å². The van der Waals surface area contributed by atoms with Gasteiger partial charge in [0.05, 0.1) is 5.56 Å². The molecule has 2 rings (SSSR count). The van der Waals surface area contributed by atoms with Crippen molar-refractivity contribution in [3.8, 4) is 6.07 Å². The van der Waals surface area contributed by atoms with Crippen LogP contribution in [0.25, 0.3) is 0 Å². The van der Waals surface area contributed by atoms with E-state index in [1.165, 1.54) is 13.0 Å². The first-order valence-corrected chi connectivity index (χ1v) is 7.27. The molecule has 1 aliphatic carbocycles. The number of nitrogens with two attached hydrogens (primary N) is 1. The van der Waals surface area contributed by atoms with E-state index in [-0.39, 0.29) is 24.1 Å². The van der Waals surface area contributed by atoms with Crippen molar-refractivity contribution in [3.63, 3.8) is 0 Å². The molecule has 0 heterocycles. The maximum absolute atomic E-state index is 14.8. The molecule has 0 saturated heterocycles. The zero-order valence-electron chi connectivity index (χ0n) is 12.3. The summed E-state index contributed by atoms with van der Waals surface area (Å²) in [6, 6.07) is 6.73. The molecule has 5 heteroatoms. The summed E-state index contributed by atoms with van der Waals surface area (Å²) in [6.45, 7) is 2.87. The molecule has 1 aromatic rings.